The van der Waals surface area contributed by atoms with Crippen molar-refractivity contribution in [2.45, 2.75) is 32.3 Å². The van der Waals surface area contributed by atoms with Gasteiger partial charge >= 0.3 is 5.97 Å². The molecule has 1 aliphatic heterocycles. The number of Topliss-reactive ketones (excluding diaryl/α,β-unsaturated/α-hetero) is 1. The van der Waals surface area contributed by atoms with Gasteiger partial charge in [0.05, 0.1) is 10.9 Å². The first kappa shape index (κ1) is 13.3. The van der Waals surface area contributed by atoms with Crippen molar-refractivity contribution in [3.63, 3.8) is 0 Å². The molecule has 0 aromatic heterocycles. The second-order valence-corrected chi connectivity index (χ2v) is 4.96. The summed E-state index contributed by atoms with van der Waals surface area (Å²) in [5.41, 5.74) is 2.01. The minimum Gasteiger partial charge on any atom is -0.454 e. The molecule has 0 amide bonds. The van der Waals surface area contributed by atoms with Gasteiger partial charge in [0.25, 0.3) is 0 Å². The van der Waals surface area contributed by atoms with Crippen LogP contribution in [-0.2, 0) is 4.74 Å². The van der Waals surface area contributed by atoms with E-state index in [9.17, 15) is 9.59 Å². The van der Waals surface area contributed by atoms with Crippen LogP contribution in [0.4, 0.5) is 0 Å². The minimum atomic E-state index is -0.310. The third kappa shape index (κ3) is 2.48. The number of esters is 1. The fourth-order valence-corrected chi connectivity index (χ4v) is 2.45. The third-order valence-electron chi connectivity index (χ3n) is 3.13. The number of hydrogen-bond donors (Lipinski definition) is 0. The Hall–Kier alpha value is -1.16. The lowest BCUT2D eigenvalue weighted by molar-refractivity contribution is 0.0364. The molecule has 18 heavy (non-hydrogen) atoms. The Labute approximate surface area is 115 Å². The molecule has 1 unspecified atom stereocenters. The second-order valence-electron chi connectivity index (χ2n) is 4.40. The molecule has 0 N–H and O–H groups in total. The second kappa shape index (κ2) is 5.65. The van der Waals surface area contributed by atoms with E-state index < -0.39 is 0 Å². The zero-order valence-corrected chi connectivity index (χ0v) is 11.8. The average molecular weight is 311 g/mol. The van der Waals surface area contributed by atoms with Crippen LogP contribution in [0.25, 0.3) is 0 Å². The number of alkyl halides is 1. The largest absolute Gasteiger partial charge is 0.454 e. The Kier molecular flexibility index (Phi) is 4.17. The number of hydrogen-bond acceptors (Lipinski definition) is 3. The van der Waals surface area contributed by atoms with Crippen LogP contribution in [0.1, 0.15) is 58.6 Å². The number of carbonyl (C=O) groups is 2. The van der Waals surface area contributed by atoms with E-state index in [2.05, 4.69) is 22.9 Å². The number of unbranched alkanes of at least 4 members (excludes halogenated alkanes) is 1. The highest BCUT2D eigenvalue weighted by Gasteiger charge is 2.30. The van der Waals surface area contributed by atoms with Gasteiger partial charge in [-0.3, -0.25) is 4.79 Å². The molecule has 1 aromatic rings. The number of carbonyl (C=O) groups excluding carboxylic acids is 2. The molecular weight excluding hydrogens is 296 g/mol. The summed E-state index contributed by atoms with van der Waals surface area (Å²) in [5.74, 6) is -0.335. The number of rotatable bonds is 5. The van der Waals surface area contributed by atoms with Gasteiger partial charge in [-0.2, -0.15) is 0 Å². The highest BCUT2D eigenvalue weighted by atomic mass is 79.9. The first-order valence-electron chi connectivity index (χ1n) is 6.11. The van der Waals surface area contributed by atoms with E-state index in [4.69, 9.17) is 4.74 Å². The quantitative estimate of drug-likeness (QED) is 0.473. The number of fused-ring (bicyclic) bond motifs is 1. The molecule has 4 heteroatoms. The maximum absolute atomic E-state index is 11.8. The molecule has 1 heterocycles. The summed E-state index contributed by atoms with van der Waals surface area (Å²) in [5, 5.41) is 0.264. The van der Waals surface area contributed by atoms with Gasteiger partial charge < -0.3 is 4.74 Å². The van der Waals surface area contributed by atoms with Crippen LogP contribution in [0.15, 0.2) is 18.2 Å². The van der Waals surface area contributed by atoms with Gasteiger partial charge in [-0.15, -0.1) is 0 Å². The van der Waals surface area contributed by atoms with Crippen molar-refractivity contribution >= 4 is 27.7 Å². The Morgan fingerprint density at radius 2 is 2.22 bits per heavy atom. The maximum atomic E-state index is 11.8. The molecule has 1 atom stereocenters. The predicted molar refractivity (Wildman–Crippen MR) is 72.2 cm³/mol. The molecule has 3 nitrogen and oxygen atoms in total. The van der Waals surface area contributed by atoms with Crippen molar-refractivity contribution < 1.29 is 14.3 Å². The number of benzene rings is 1. The molecular formula is C14H15BrO3. The smallest absolute Gasteiger partial charge is 0.339 e. The van der Waals surface area contributed by atoms with Gasteiger partial charge in [0.15, 0.2) is 5.78 Å². The van der Waals surface area contributed by atoms with E-state index in [0.29, 0.717) is 11.1 Å². The first-order chi connectivity index (χ1) is 8.67. The Morgan fingerprint density at radius 1 is 1.44 bits per heavy atom. The summed E-state index contributed by atoms with van der Waals surface area (Å²) >= 11 is 3.13. The molecule has 1 aliphatic rings. The SMILES string of the molecule is CCCCC1OC(=O)c2cc(C(=O)CBr)ccc21. The number of halogens is 1. The van der Waals surface area contributed by atoms with Crippen LogP contribution in [0.5, 0.6) is 0 Å². The lowest BCUT2D eigenvalue weighted by Gasteiger charge is -2.09. The third-order valence-corrected chi connectivity index (χ3v) is 3.64. The highest BCUT2D eigenvalue weighted by molar-refractivity contribution is 9.09. The van der Waals surface area contributed by atoms with Gasteiger partial charge in [-0.25, -0.2) is 4.79 Å². The van der Waals surface area contributed by atoms with Crippen molar-refractivity contribution in [3.8, 4) is 0 Å². The van der Waals surface area contributed by atoms with E-state index in [1.807, 2.05) is 6.07 Å². The van der Waals surface area contributed by atoms with Gasteiger partial charge in [0.2, 0.25) is 0 Å². The monoisotopic (exact) mass is 310 g/mol. The number of ether oxygens (including phenoxy) is 1. The van der Waals surface area contributed by atoms with E-state index in [1.165, 1.54) is 0 Å². The number of cyclic esters (lactones) is 1. The topological polar surface area (TPSA) is 43.4 Å². The molecule has 0 fully saturated rings. The van der Waals surface area contributed by atoms with Gasteiger partial charge in [0.1, 0.15) is 6.10 Å². The van der Waals surface area contributed by atoms with Crippen molar-refractivity contribution in [3.05, 3.63) is 34.9 Å². The standard InChI is InChI=1S/C14H15BrO3/c1-2-3-4-13-10-6-5-9(12(16)8-15)7-11(10)14(17)18-13/h5-7,13H,2-4,8H2,1H3. The van der Waals surface area contributed by atoms with Crippen molar-refractivity contribution in [2.75, 3.05) is 5.33 Å². The molecule has 0 aliphatic carbocycles. The summed E-state index contributed by atoms with van der Waals surface area (Å²) < 4.78 is 5.34. The van der Waals surface area contributed by atoms with Crippen LogP contribution >= 0.6 is 15.9 Å². The van der Waals surface area contributed by atoms with E-state index in [1.54, 1.807) is 12.1 Å². The maximum Gasteiger partial charge on any atom is 0.339 e. The molecule has 0 saturated heterocycles. The molecule has 0 saturated carbocycles. The summed E-state index contributed by atoms with van der Waals surface area (Å²) in [7, 11) is 0. The summed E-state index contributed by atoms with van der Waals surface area (Å²) in [6.45, 7) is 2.11. The first-order valence-corrected chi connectivity index (χ1v) is 7.23. The fourth-order valence-electron chi connectivity index (χ4n) is 2.12. The lowest BCUT2D eigenvalue weighted by atomic mass is 9.98. The van der Waals surface area contributed by atoms with E-state index in [0.717, 1.165) is 24.8 Å². The minimum absolute atomic E-state index is 0.0254. The predicted octanol–water partition coefficient (Wildman–Crippen LogP) is 3.67. The molecule has 0 radical (unpaired) electrons. The van der Waals surface area contributed by atoms with Crippen LogP contribution in [0.2, 0.25) is 0 Å². The molecule has 0 bridgehead atoms. The van der Waals surface area contributed by atoms with Crippen molar-refractivity contribution in [1.82, 2.24) is 0 Å². The zero-order chi connectivity index (χ0) is 13.1. The summed E-state index contributed by atoms with van der Waals surface area (Å²) in [4.78, 5) is 23.3. The summed E-state index contributed by atoms with van der Waals surface area (Å²) in [6, 6.07) is 5.26. The van der Waals surface area contributed by atoms with E-state index >= 15 is 0 Å². The van der Waals surface area contributed by atoms with Gasteiger partial charge in [0, 0.05) is 11.1 Å². The van der Waals surface area contributed by atoms with Crippen LogP contribution in [0, 0.1) is 0 Å². The highest BCUT2D eigenvalue weighted by Crippen LogP contribution is 2.34. The van der Waals surface area contributed by atoms with Crippen molar-refractivity contribution in [2.24, 2.45) is 0 Å². The van der Waals surface area contributed by atoms with E-state index in [-0.39, 0.29) is 23.2 Å². The summed E-state index contributed by atoms with van der Waals surface area (Å²) in [6.07, 6.45) is 2.81. The van der Waals surface area contributed by atoms with Crippen LogP contribution in [0.3, 0.4) is 0 Å². The normalized spacial score (nSPS) is 17.4. The molecule has 2 rings (SSSR count). The Balaban J connectivity index is 2.28. The molecule has 0 spiro atoms. The zero-order valence-electron chi connectivity index (χ0n) is 10.2. The average Bonchev–Trinajstić information content (AvgIpc) is 2.72. The van der Waals surface area contributed by atoms with Gasteiger partial charge in [-0.05, 0) is 18.9 Å². The Morgan fingerprint density at radius 3 is 2.89 bits per heavy atom. The molecule has 96 valence electrons. The van der Waals surface area contributed by atoms with Crippen LogP contribution < -0.4 is 0 Å². The lowest BCUT2D eigenvalue weighted by Crippen LogP contribution is -2.02. The van der Waals surface area contributed by atoms with Gasteiger partial charge in [-0.1, -0.05) is 41.4 Å². The number of ketones is 1. The molecule has 1 aromatic carbocycles. The van der Waals surface area contributed by atoms with Crippen LogP contribution in [-0.4, -0.2) is 17.1 Å². The van der Waals surface area contributed by atoms with Crippen molar-refractivity contribution in [1.29, 1.82) is 0 Å². The fraction of sp³-hybridized carbons (Fsp3) is 0.429. The Bertz CT molecular complexity index is 482.